The molecule has 1 aromatic carbocycles. The standard InChI is InChI=1S/C12H15FN2O4/c1-7-2-3-8(13)6-10(7)15-12(19)14-9(4-5-16)11(17)18/h2-3,6,9,16H,4-5H2,1H3,(H,17,18)(H2,14,15,19)/t9-/m1/s1. The molecule has 7 heteroatoms. The summed E-state index contributed by atoms with van der Waals surface area (Å²) in [6, 6.07) is 1.92. The van der Waals surface area contributed by atoms with Gasteiger partial charge in [-0.15, -0.1) is 0 Å². The quantitative estimate of drug-likeness (QED) is 0.643. The van der Waals surface area contributed by atoms with E-state index in [4.69, 9.17) is 10.2 Å². The topological polar surface area (TPSA) is 98.7 Å². The maximum Gasteiger partial charge on any atom is 0.326 e. The Bertz CT molecular complexity index is 479. The molecular formula is C12H15FN2O4. The third-order valence-corrected chi connectivity index (χ3v) is 2.47. The number of aliphatic carboxylic acids is 1. The molecule has 0 saturated heterocycles. The SMILES string of the molecule is Cc1ccc(F)cc1NC(=O)N[C@H](CCO)C(=O)O. The summed E-state index contributed by atoms with van der Waals surface area (Å²) in [5, 5.41) is 22.0. The zero-order valence-electron chi connectivity index (χ0n) is 10.3. The first-order valence-electron chi connectivity index (χ1n) is 5.61. The van der Waals surface area contributed by atoms with Crippen LogP contribution in [-0.4, -0.2) is 34.9 Å². The van der Waals surface area contributed by atoms with Crippen molar-refractivity contribution in [3.8, 4) is 0 Å². The predicted octanol–water partition coefficient (Wildman–Crippen LogP) is 1.09. The zero-order valence-corrected chi connectivity index (χ0v) is 10.3. The molecule has 4 N–H and O–H groups in total. The van der Waals surface area contributed by atoms with Gasteiger partial charge in [-0.2, -0.15) is 0 Å². The third-order valence-electron chi connectivity index (χ3n) is 2.47. The van der Waals surface area contributed by atoms with Crippen molar-refractivity contribution in [1.82, 2.24) is 5.32 Å². The van der Waals surface area contributed by atoms with E-state index in [2.05, 4.69) is 10.6 Å². The Kier molecular flexibility index (Phi) is 5.25. The van der Waals surface area contributed by atoms with Crippen LogP contribution in [0.5, 0.6) is 0 Å². The van der Waals surface area contributed by atoms with E-state index in [1.54, 1.807) is 6.92 Å². The Morgan fingerprint density at radius 2 is 2.11 bits per heavy atom. The van der Waals surface area contributed by atoms with E-state index in [1.165, 1.54) is 12.1 Å². The highest BCUT2D eigenvalue weighted by atomic mass is 19.1. The van der Waals surface area contributed by atoms with Gasteiger partial charge in [0.05, 0.1) is 0 Å². The lowest BCUT2D eigenvalue weighted by Gasteiger charge is -2.15. The molecule has 0 saturated carbocycles. The number of rotatable bonds is 5. The van der Waals surface area contributed by atoms with Gasteiger partial charge in [0.2, 0.25) is 0 Å². The third kappa shape index (κ3) is 4.55. The van der Waals surface area contributed by atoms with E-state index in [1.807, 2.05) is 0 Å². The largest absolute Gasteiger partial charge is 0.480 e. The van der Waals surface area contributed by atoms with Gasteiger partial charge in [-0.05, 0) is 24.6 Å². The van der Waals surface area contributed by atoms with Crippen molar-refractivity contribution in [3.63, 3.8) is 0 Å². The number of carbonyl (C=O) groups excluding carboxylic acids is 1. The number of anilines is 1. The minimum atomic E-state index is -1.25. The highest BCUT2D eigenvalue weighted by Crippen LogP contribution is 2.15. The number of aliphatic hydroxyl groups excluding tert-OH is 1. The zero-order chi connectivity index (χ0) is 14.4. The molecule has 1 rings (SSSR count). The number of aryl methyl sites for hydroxylation is 1. The number of urea groups is 1. The van der Waals surface area contributed by atoms with Crippen molar-refractivity contribution in [2.45, 2.75) is 19.4 Å². The molecule has 2 amide bonds. The molecule has 0 aliphatic carbocycles. The van der Waals surface area contributed by atoms with Gasteiger partial charge >= 0.3 is 12.0 Å². The van der Waals surface area contributed by atoms with Crippen molar-refractivity contribution < 1.29 is 24.2 Å². The smallest absolute Gasteiger partial charge is 0.326 e. The maximum atomic E-state index is 13.0. The first-order chi connectivity index (χ1) is 8.93. The molecule has 0 aliphatic rings. The molecule has 0 fully saturated rings. The summed E-state index contributed by atoms with van der Waals surface area (Å²) in [5.74, 6) is -1.76. The molecule has 0 heterocycles. The van der Waals surface area contributed by atoms with Crippen molar-refractivity contribution in [1.29, 1.82) is 0 Å². The minimum absolute atomic E-state index is 0.106. The summed E-state index contributed by atoms with van der Waals surface area (Å²) in [5.41, 5.74) is 0.899. The summed E-state index contributed by atoms with van der Waals surface area (Å²) in [6.07, 6.45) is -0.106. The second kappa shape index (κ2) is 6.69. The van der Waals surface area contributed by atoms with Crippen molar-refractivity contribution in [2.24, 2.45) is 0 Å². The second-order valence-corrected chi connectivity index (χ2v) is 3.96. The van der Waals surface area contributed by atoms with Crippen molar-refractivity contribution in [2.75, 3.05) is 11.9 Å². The van der Waals surface area contributed by atoms with E-state index in [9.17, 15) is 14.0 Å². The molecule has 1 aromatic rings. The number of benzene rings is 1. The Morgan fingerprint density at radius 1 is 1.42 bits per heavy atom. The van der Waals surface area contributed by atoms with Gasteiger partial charge in [0, 0.05) is 18.7 Å². The van der Waals surface area contributed by atoms with Crippen LogP contribution in [0.4, 0.5) is 14.9 Å². The van der Waals surface area contributed by atoms with Crippen molar-refractivity contribution >= 4 is 17.7 Å². The van der Waals surface area contributed by atoms with Crippen molar-refractivity contribution in [3.05, 3.63) is 29.6 Å². The fraction of sp³-hybridized carbons (Fsp3) is 0.333. The second-order valence-electron chi connectivity index (χ2n) is 3.96. The molecule has 0 spiro atoms. The number of halogens is 1. The predicted molar refractivity (Wildman–Crippen MR) is 66.4 cm³/mol. The van der Waals surface area contributed by atoms with E-state index in [0.29, 0.717) is 5.56 Å². The lowest BCUT2D eigenvalue weighted by molar-refractivity contribution is -0.139. The number of carboxylic acids is 1. The number of aliphatic hydroxyl groups is 1. The molecule has 1 atom stereocenters. The van der Waals surface area contributed by atoms with E-state index in [0.717, 1.165) is 6.07 Å². The van der Waals surface area contributed by atoms with Crippen LogP contribution in [0.15, 0.2) is 18.2 Å². The number of hydrogen-bond donors (Lipinski definition) is 4. The summed E-state index contributed by atoms with van der Waals surface area (Å²) in [4.78, 5) is 22.4. The highest BCUT2D eigenvalue weighted by molar-refractivity contribution is 5.92. The molecule has 6 nitrogen and oxygen atoms in total. The summed E-state index contributed by atoms with van der Waals surface area (Å²) < 4.78 is 13.0. The van der Waals surface area contributed by atoms with Gasteiger partial charge < -0.3 is 20.8 Å². The number of amides is 2. The highest BCUT2D eigenvalue weighted by Gasteiger charge is 2.19. The van der Waals surface area contributed by atoms with Crippen LogP contribution in [0, 0.1) is 12.7 Å². The lowest BCUT2D eigenvalue weighted by atomic mass is 10.2. The molecule has 0 radical (unpaired) electrons. The fourth-order valence-electron chi connectivity index (χ4n) is 1.43. The van der Waals surface area contributed by atoms with Crippen LogP contribution in [0.1, 0.15) is 12.0 Å². The van der Waals surface area contributed by atoms with Crippen LogP contribution in [0.2, 0.25) is 0 Å². The Balaban J connectivity index is 2.68. The van der Waals surface area contributed by atoms with E-state index >= 15 is 0 Å². The monoisotopic (exact) mass is 270 g/mol. The average molecular weight is 270 g/mol. The van der Waals surface area contributed by atoms with Gasteiger partial charge in [-0.1, -0.05) is 6.07 Å². The van der Waals surface area contributed by atoms with Crippen LogP contribution in [0.25, 0.3) is 0 Å². The summed E-state index contributed by atoms with van der Waals surface area (Å²) in [6.45, 7) is 1.31. The Hall–Kier alpha value is -2.15. The first kappa shape index (κ1) is 14.9. The number of carbonyl (C=O) groups is 2. The van der Waals surface area contributed by atoms with Gasteiger partial charge in [-0.25, -0.2) is 14.0 Å². The van der Waals surface area contributed by atoms with E-state index < -0.39 is 23.9 Å². The maximum absolute atomic E-state index is 13.0. The van der Waals surface area contributed by atoms with Crippen LogP contribution < -0.4 is 10.6 Å². The van der Waals surface area contributed by atoms with Gasteiger partial charge in [0.15, 0.2) is 0 Å². The van der Waals surface area contributed by atoms with Gasteiger partial charge in [-0.3, -0.25) is 0 Å². The average Bonchev–Trinajstić information content (AvgIpc) is 2.33. The molecular weight excluding hydrogens is 255 g/mol. The minimum Gasteiger partial charge on any atom is -0.480 e. The van der Waals surface area contributed by atoms with Crippen LogP contribution in [0.3, 0.4) is 0 Å². The first-order valence-corrected chi connectivity index (χ1v) is 5.61. The van der Waals surface area contributed by atoms with E-state index in [-0.39, 0.29) is 18.7 Å². The van der Waals surface area contributed by atoms with Crippen LogP contribution in [-0.2, 0) is 4.79 Å². The molecule has 19 heavy (non-hydrogen) atoms. The van der Waals surface area contributed by atoms with Gasteiger partial charge in [0.25, 0.3) is 0 Å². The molecule has 0 aromatic heterocycles. The molecule has 0 unspecified atom stereocenters. The Morgan fingerprint density at radius 3 is 2.68 bits per heavy atom. The van der Waals surface area contributed by atoms with Crippen LogP contribution >= 0.6 is 0 Å². The molecule has 0 bridgehead atoms. The molecule has 104 valence electrons. The number of hydrogen-bond acceptors (Lipinski definition) is 3. The lowest BCUT2D eigenvalue weighted by Crippen LogP contribution is -2.43. The normalized spacial score (nSPS) is 11.7. The number of carboxylic acid groups (broad SMARTS) is 1. The number of nitrogens with one attached hydrogen (secondary N) is 2. The molecule has 0 aliphatic heterocycles. The summed E-state index contributed by atoms with van der Waals surface area (Å²) in [7, 11) is 0. The fourth-order valence-corrected chi connectivity index (χ4v) is 1.43. The summed E-state index contributed by atoms with van der Waals surface area (Å²) >= 11 is 0. The Labute approximate surface area is 109 Å². The van der Waals surface area contributed by atoms with Gasteiger partial charge in [0.1, 0.15) is 11.9 Å².